The molecule has 0 spiro atoms. The molecule has 0 aliphatic carbocycles. The van der Waals surface area contributed by atoms with E-state index in [2.05, 4.69) is 34.5 Å². The van der Waals surface area contributed by atoms with Crippen molar-refractivity contribution in [2.24, 2.45) is 0 Å². The van der Waals surface area contributed by atoms with Gasteiger partial charge in [0.25, 0.3) is 5.17 Å². The number of anilines is 1. The van der Waals surface area contributed by atoms with Gasteiger partial charge in [-0.1, -0.05) is 6.07 Å². The first-order valence-corrected chi connectivity index (χ1v) is 7.59. The van der Waals surface area contributed by atoms with Gasteiger partial charge < -0.3 is 10.1 Å². The smallest absolute Gasteiger partial charge is 0.262 e. The molecule has 2 aliphatic heterocycles. The Labute approximate surface area is 130 Å². The third kappa shape index (κ3) is 2.39. The maximum atomic E-state index is 9.17. The first-order chi connectivity index (χ1) is 9.92. The number of hydrogen-bond acceptors (Lipinski definition) is 4. The maximum Gasteiger partial charge on any atom is 0.262 e. The number of thiocarbonyl (C=S) groups is 1. The van der Waals surface area contributed by atoms with Gasteiger partial charge in [-0.2, -0.15) is 5.26 Å². The molecular formula is C16H19N3OS. The van der Waals surface area contributed by atoms with E-state index in [0.717, 1.165) is 24.1 Å². The van der Waals surface area contributed by atoms with Crippen LogP contribution >= 0.6 is 12.2 Å². The van der Waals surface area contributed by atoms with E-state index >= 15 is 0 Å². The van der Waals surface area contributed by atoms with Crippen molar-refractivity contribution in [3.05, 3.63) is 29.3 Å². The van der Waals surface area contributed by atoms with Gasteiger partial charge in [0.1, 0.15) is 5.60 Å². The van der Waals surface area contributed by atoms with Gasteiger partial charge in [0.15, 0.2) is 0 Å². The van der Waals surface area contributed by atoms with Crippen molar-refractivity contribution in [3.63, 3.8) is 0 Å². The molecule has 21 heavy (non-hydrogen) atoms. The number of likely N-dealkylation sites (tertiary alicyclic amines) is 1. The normalized spacial score (nSPS) is 27.4. The Hall–Kier alpha value is -1.64. The van der Waals surface area contributed by atoms with Crippen LogP contribution in [0.25, 0.3) is 0 Å². The Morgan fingerprint density at radius 1 is 1.43 bits per heavy atom. The summed E-state index contributed by atoms with van der Waals surface area (Å²) in [5.41, 5.74) is 2.93. The van der Waals surface area contributed by atoms with E-state index in [1.54, 1.807) is 0 Å². The number of nitriles is 1. The number of ether oxygens (including phenoxy) is 1. The minimum Gasteiger partial charge on any atom is -0.460 e. The summed E-state index contributed by atoms with van der Waals surface area (Å²) >= 11 is 5.14. The Kier molecular flexibility index (Phi) is 3.39. The number of rotatable bonds is 1. The van der Waals surface area contributed by atoms with Crippen LogP contribution < -0.4 is 5.32 Å². The number of nitrogens with one attached hydrogen (secondary N) is 1. The van der Waals surface area contributed by atoms with Gasteiger partial charge in [0.05, 0.1) is 12.1 Å². The molecule has 5 heteroatoms. The van der Waals surface area contributed by atoms with Crippen molar-refractivity contribution in [1.29, 1.82) is 5.26 Å². The SMILES string of the molecule is CN1C(C#N)CCC1c1ccc2c(c1)C(C)(C)OC(=S)N2. The average Bonchev–Trinajstić information content (AvgIpc) is 2.78. The maximum absolute atomic E-state index is 9.17. The van der Waals surface area contributed by atoms with Gasteiger partial charge in [0, 0.05) is 17.3 Å². The van der Waals surface area contributed by atoms with Crippen molar-refractivity contribution in [2.45, 2.75) is 44.4 Å². The quantitative estimate of drug-likeness (QED) is 0.806. The van der Waals surface area contributed by atoms with Gasteiger partial charge in [-0.25, -0.2) is 0 Å². The summed E-state index contributed by atoms with van der Waals surface area (Å²) < 4.78 is 5.74. The lowest BCUT2D eigenvalue weighted by molar-refractivity contribution is 0.0944. The first-order valence-electron chi connectivity index (χ1n) is 7.18. The highest BCUT2D eigenvalue weighted by Gasteiger charge is 2.35. The molecule has 2 unspecified atom stereocenters. The molecular weight excluding hydrogens is 282 g/mol. The standard InChI is InChI=1S/C16H19N3OS/c1-16(2)12-8-10(4-6-13(12)18-15(21)20-16)14-7-5-11(9-17)19(14)3/h4,6,8,11,14H,5,7H2,1-3H3,(H,18,21). The first kappa shape index (κ1) is 14.3. The van der Waals surface area contributed by atoms with E-state index < -0.39 is 5.60 Å². The van der Waals surface area contributed by atoms with Crippen LogP contribution in [0.1, 0.15) is 43.9 Å². The summed E-state index contributed by atoms with van der Waals surface area (Å²) in [4.78, 5) is 2.16. The van der Waals surface area contributed by atoms with Crippen LogP contribution in [0.3, 0.4) is 0 Å². The predicted octanol–water partition coefficient (Wildman–Crippen LogP) is 3.31. The van der Waals surface area contributed by atoms with Gasteiger partial charge in [-0.3, -0.25) is 4.90 Å². The number of hydrogen-bond donors (Lipinski definition) is 1. The summed E-state index contributed by atoms with van der Waals surface area (Å²) in [6, 6.07) is 9.05. The molecule has 1 aromatic rings. The van der Waals surface area contributed by atoms with Crippen LogP contribution in [0, 0.1) is 11.3 Å². The molecule has 2 aliphatic rings. The third-order valence-corrected chi connectivity index (χ3v) is 4.69. The summed E-state index contributed by atoms with van der Waals surface area (Å²) in [5, 5.41) is 12.7. The lowest BCUT2D eigenvalue weighted by Gasteiger charge is -2.35. The second kappa shape index (κ2) is 4.97. The van der Waals surface area contributed by atoms with Gasteiger partial charge in [0.2, 0.25) is 0 Å². The summed E-state index contributed by atoms with van der Waals surface area (Å²) in [7, 11) is 2.03. The lowest BCUT2D eigenvalue weighted by Crippen LogP contribution is -2.35. The van der Waals surface area contributed by atoms with Gasteiger partial charge in [-0.05, 0) is 63.7 Å². The highest BCUT2D eigenvalue weighted by atomic mass is 32.1. The van der Waals surface area contributed by atoms with Gasteiger partial charge >= 0.3 is 0 Å². The molecule has 3 rings (SSSR count). The zero-order chi connectivity index (χ0) is 15.2. The topological polar surface area (TPSA) is 48.3 Å². The second-order valence-electron chi connectivity index (χ2n) is 6.23. The molecule has 2 atom stereocenters. The Bertz CT molecular complexity index is 635. The molecule has 0 aromatic heterocycles. The number of benzene rings is 1. The van der Waals surface area contributed by atoms with E-state index in [0.29, 0.717) is 11.2 Å². The van der Waals surface area contributed by atoms with Crippen molar-refractivity contribution in [1.82, 2.24) is 4.90 Å². The molecule has 1 aromatic carbocycles. The van der Waals surface area contributed by atoms with E-state index in [9.17, 15) is 0 Å². The van der Waals surface area contributed by atoms with Crippen LogP contribution in [0.5, 0.6) is 0 Å². The van der Waals surface area contributed by atoms with Crippen molar-refractivity contribution < 1.29 is 4.74 Å². The minimum absolute atomic E-state index is 0.0148. The monoisotopic (exact) mass is 301 g/mol. The second-order valence-corrected chi connectivity index (χ2v) is 6.60. The molecule has 0 saturated carbocycles. The predicted molar refractivity (Wildman–Crippen MR) is 85.9 cm³/mol. The van der Waals surface area contributed by atoms with E-state index in [4.69, 9.17) is 22.2 Å². The van der Waals surface area contributed by atoms with Crippen molar-refractivity contribution >= 4 is 23.1 Å². The highest BCUT2D eigenvalue weighted by Crippen LogP contribution is 2.40. The number of nitrogens with zero attached hydrogens (tertiary/aromatic N) is 2. The molecule has 0 amide bonds. The molecule has 1 fully saturated rings. The largest absolute Gasteiger partial charge is 0.460 e. The van der Waals surface area contributed by atoms with E-state index in [-0.39, 0.29) is 6.04 Å². The molecule has 1 N–H and O–H groups in total. The molecule has 0 radical (unpaired) electrons. The molecule has 1 saturated heterocycles. The fourth-order valence-electron chi connectivity index (χ4n) is 3.30. The summed E-state index contributed by atoms with van der Waals surface area (Å²) in [6.07, 6.45) is 1.94. The van der Waals surface area contributed by atoms with Crippen LogP contribution in [-0.2, 0) is 10.3 Å². The van der Waals surface area contributed by atoms with Crippen LogP contribution in [0.2, 0.25) is 0 Å². The highest BCUT2D eigenvalue weighted by molar-refractivity contribution is 7.80. The zero-order valence-electron chi connectivity index (χ0n) is 12.5. The molecule has 110 valence electrons. The molecule has 2 heterocycles. The Morgan fingerprint density at radius 3 is 2.86 bits per heavy atom. The third-order valence-electron chi connectivity index (χ3n) is 4.51. The van der Waals surface area contributed by atoms with Gasteiger partial charge in [-0.15, -0.1) is 0 Å². The summed E-state index contributed by atoms with van der Waals surface area (Å²) in [6.45, 7) is 4.05. The van der Waals surface area contributed by atoms with E-state index in [1.807, 2.05) is 20.9 Å². The molecule has 0 bridgehead atoms. The lowest BCUT2D eigenvalue weighted by atomic mass is 9.91. The zero-order valence-corrected chi connectivity index (χ0v) is 13.3. The van der Waals surface area contributed by atoms with E-state index in [1.165, 1.54) is 5.56 Å². The Balaban J connectivity index is 1.97. The fraction of sp³-hybridized carbons (Fsp3) is 0.500. The molecule has 4 nitrogen and oxygen atoms in total. The summed E-state index contributed by atoms with van der Waals surface area (Å²) in [5.74, 6) is 0. The number of fused-ring (bicyclic) bond motifs is 1. The minimum atomic E-state index is -0.431. The van der Waals surface area contributed by atoms with Crippen molar-refractivity contribution in [3.8, 4) is 6.07 Å². The van der Waals surface area contributed by atoms with Crippen molar-refractivity contribution in [2.75, 3.05) is 12.4 Å². The Morgan fingerprint density at radius 2 is 2.19 bits per heavy atom. The van der Waals surface area contributed by atoms with Crippen LogP contribution in [0.15, 0.2) is 18.2 Å². The van der Waals surface area contributed by atoms with Crippen LogP contribution in [0.4, 0.5) is 5.69 Å². The average molecular weight is 301 g/mol. The fourth-order valence-corrected chi connectivity index (χ4v) is 3.61. The van der Waals surface area contributed by atoms with Crippen LogP contribution in [-0.4, -0.2) is 23.2 Å².